The number of nitrogens with one attached hydrogen (secondary N) is 2. The number of ether oxygens (including phenoxy) is 2. The van der Waals surface area contributed by atoms with Crippen LogP contribution in [0.15, 0.2) is 29.3 Å². The lowest BCUT2D eigenvalue weighted by atomic mass is 10.0. The highest BCUT2D eigenvalue weighted by atomic mass is 127. The standard InChI is InChI=1S/C21H36N4O2.HI/c1-4-18(5-2)16-23-21(22-3)24-17-19-8-6-7-9-20(19)27-15-12-25-10-13-26-14-11-25;/h6-9,18H,4-5,10-17H2,1-3H3,(H2,22,23,24);1H. The molecule has 0 amide bonds. The first kappa shape index (κ1) is 25.0. The third-order valence-electron chi connectivity index (χ3n) is 5.12. The normalized spacial score (nSPS) is 15.2. The first-order valence-corrected chi connectivity index (χ1v) is 10.2. The second kappa shape index (κ2) is 14.9. The summed E-state index contributed by atoms with van der Waals surface area (Å²) in [4.78, 5) is 6.71. The minimum absolute atomic E-state index is 0. The van der Waals surface area contributed by atoms with Gasteiger partial charge < -0.3 is 20.1 Å². The van der Waals surface area contributed by atoms with E-state index < -0.39 is 0 Å². The molecule has 1 aliphatic heterocycles. The van der Waals surface area contributed by atoms with Crippen LogP contribution < -0.4 is 15.4 Å². The van der Waals surface area contributed by atoms with Crippen molar-refractivity contribution in [3.8, 4) is 5.75 Å². The Morgan fingerprint density at radius 3 is 2.57 bits per heavy atom. The fraction of sp³-hybridized carbons (Fsp3) is 0.667. The molecule has 2 rings (SSSR count). The summed E-state index contributed by atoms with van der Waals surface area (Å²) < 4.78 is 11.4. The molecule has 0 unspecified atom stereocenters. The van der Waals surface area contributed by atoms with Crippen LogP contribution in [-0.2, 0) is 11.3 Å². The third kappa shape index (κ3) is 8.96. The van der Waals surface area contributed by atoms with E-state index in [1.54, 1.807) is 0 Å². The number of aliphatic imine (C=N–C) groups is 1. The fourth-order valence-electron chi connectivity index (χ4n) is 3.12. The molecule has 1 aromatic carbocycles. The van der Waals surface area contributed by atoms with Gasteiger partial charge in [-0.15, -0.1) is 24.0 Å². The van der Waals surface area contributed by atoms with Crippen LogP contribution in [0.3, 0.4) is 0 Å². The number of hydrogen-bond acceptors (Lipinski definition) is 4. The lowest BCUT2D eigenvalue weighted by Crippen LogP contribution is -2.39. The summed E-state index contributed by atoms with van der Waals surface area (Å²) in [6, 6.07) is 8.21. The zero-order chi connectivity index (χ0) is 19.3. The van der Waals surface area contributed by atoms with Gasteiger partial charge in [0.1, 0.15) is 12.4 Å². The molecule has 2 N–H and O–H groups in total. The van der Waals surface area contributed by atoms with E-state index in [0.717, 1.165) is 56.7 Å². The van der Waals surface area contributed by atoms with Crippen molar-refractivity contribution in [3.63, 3.8) is 0 Å². The van der Waals surface area contributed by atoms with Crippen molar-refractivity contribution in [1.82, 2.24) is 15.5 Å². The number of guanidine groups is 1. The summed E-state index contributed by atoms with van der Waals surface area (Å²) in [5.74, 6) is 2.46. The summed E-state index contributed by atoms with van der Waals surface area (Å²) in [7, 11) is 1.81. The molecule has 1 heterocycles. The number of nitrogens with zero attached hydrogens (tertiary/aromatic N) is 2. The molecule has 28 heavy (non-hydrogen) atoms. The summed E-state index contributed by atoms with van der Waals surface area (Å²) >= 11 is 0. The summed E-state index contributed by atoms with van der Waals surface area (Å²) in [5.41, 5.74) is 1.14. The summed E-state index contributed by atoms with van der Waals surface area (Å²) in [5, 5.41) is 6.83. The van der Waals surface area contributed by atoms with Crippen LogP contribution in [-0.4, -0.2) is 63.9 Å². The molecule has 0 radical (unpaired) electrons. The van der Waals surface area contributed by atoms with E-state index in [4.69, 9.17) is 9.47 Å². The molecule has 1 aromatic rings. The van der Waals surface area contributed by atoms with E-state index in [2.05, 4.69) is 40.4 Å². The van der Waals surface area contributed by atoms with Crippen molar-refractivity contribution in [3.05, 3.63) is 29.8 Å². The first-order valence-electron chi connectivity index (χ1n) is 10.2. The van der Waals surface area contributed by atoms with Gasteiger partial charge in [0.15, 0.2) is 5.96 Å². The number of halogens is 1. The number of hydrogen-bond donors (Lipinski definition) is 2. The van der Waals surface area contributed by atoms with E-state index in [9.17, 15) is 0 Å². The Kier molecular flexibility index (Phi) is 13.3. The average molecular weight is 504 g/mol. The van der Waals surface area contributed by atoms with Crippen molar-refractivity contribution < 1.29 is 9.47 Å². The highest BCUT2D eigenvalue weighted by Crippen LogP contribution is 2.17. The maximum absolute atomic E-state index is 6.06. The Balaban J connectivity index is 0.00000392. The van der Waals surface area contributed by atoms with Crippen molar-refractivity contribution in [2.75, 3.05) is 53.0 Å². The molecule has 7 heteroatoms. The SMILES string of the molecule is CCC(CC)CNC(=NC)NCc1ccccc1OCCN1CCOCC1.I. The number of benzene rings is 1. The van der Waals surface area contributed by atoms with Crippen molar-refractivity contribution in [2.45, 2.75) is 33.2 Å². The molecule has 0 aliphatic carbocycles. The van der Waals surface area contributed by atoms with Gasteiger partial charge in [0.25, 0.3) is 0 Å². The largest absolute Gasteiger partial charge is 0.492 e. The highest BCUT2D eigenvalue weighted by Gasteiger charge is 2.11. The van der Waals surface area contributed by atoms with Crippen molar-refractivity contribution in [2.24, 2.45) is 10.9 Å². The van der Waals surface area contributed by atoms with Crippen LogP contribution in [0.5, 0.6) is 5.75 Å². The number of rotatable bonds is 10. The Morgan fingerprint density at radius 2 is 1.89 bits per heavy atom. The second-order valence-corrected chi connectivity index (χ2v) is 6.90. The van der Waals surface area contributed by atoms with Gasteiger partial charge in [-0.2, -0.15) is 0 Å². The lowest BCUT2D eigenvalue weighted by Gasteiger charge is -2.26. The van der Waals surface area contributed by atoms with E-state index in [1.807, 2.05) is 25.2 Å². The lowest BCUT2D eigenvalue weighted by molar-refractivity contribution is 0.0322. The zero-order valence-electron chi connectivity index (χ0n) is 17.6. The highest BCUT2D eigenvalue weighted by molar-refractivity contribution is 14.0. The van der Waals surface area contributed by atoms with Gasteiger partial charge in [-0.05, 0) is 12.0 Å². The van der Waals surface area contributed by atoms with Crippen LogP contribution in [0, 0.1) is 5.92 Å². The topological polar surface area (TPSA) is 58.1 Å². The van der Waals surface area contributed by atoms with Crippen LogP contribution in [0.4, 0.5) is 0 Å². The van der Waals surface area contributed by atoms with E-state index >= 15 is 0 Å². The maximum Gasteiger partial charge on any atom is 0.191 e. The van der Waals surface area contributed by atoms with Crippen LogP contribution >= 0.6 is 24.0 Å². The van der Waals surface area contributed by atoms with Gasteiger partial charge >= 0.3 is 0 Å². The summed E-state index contributed by atoms with van der Waals surface area (Å²) in [6.45, 7) is 11.4. The number of para-hydroxylation sites is 1. The van der Waals surface area contributed by atoms with Gasteiger partial charge in [-0.1, -0.05) is 44.9 Å². The smallest absolute Gasteiger partial charge is 0.191 e. The number of morpholine rings is 1. The Bertz CT molecular complexity index is 561. The molecule has 0 spiro atoms. The molecule has 0 aromatic heterocycles. The Morgan fingerprint density at radius 1 is 1.18 bits per heavy atom. The van der Waals surface area contributed by atoms with Gasteiger partial charge in [0.05, 0.1) is 13.2 Å². The van der Waals surface area contributed by atoms with Gasteiger partial charge in [-0.3, -0.25) is 9.89 Å². The molecule has 6 nitrogen and oxygen atoms in total. The van der Waals surface area contributed by atoms with Crippen LogP contribution in [0.1, 0.15) is 32.3 Å². The third-order valence-corrected chi connectivity index (χ3v) is 5.12. The van der Waals surface area contributed by atoms with Crippen molar-refractivity contribution in [1.29, 1.82) is 0 Å². The van der Waals surface area contributed by atoms with Crippen LogP contribution in [0.2, 0.25) is 0 Å². The molecule has 160 valence electrons. The van der Waals surface area contributed by atoms with E-state index in [1.165, 1.54) is 12.8 Å². The molecule has 1 saturated heterocycles. The zero-order valence-corrected chi connectivity index (χ0v) is 19.9. The van der Waals surface area contributed by atoms with Gasteiger partial charge in [-0.25, -0.2) is 0 Å². The Hall–Kier alpha value is -1.06. The minimum Gasteiger partial charge on any atom is -0.492 e. The quantitative estimate of drug-likeness (QED) is 0.292. The fourth-order valence-corrected chi connectivity index (χ4v) is 3.12. The molecule has 0 bridgehead atoms. The molecule has 0 saturated carbocycles. The molecular formula is C21H37IN4O2. The van der Waals surface area contributed by atoms with E-state index in [0.29, 0.717) is 19.1 Å². The maximum atomic E-state index is 6.06. The summed E-state index contributed by atoms with van der Waals surface area (Å²) in [6.07, 6.45) is 2.36. The molecular weight excluding hydrogens is 467 g/mol. The van der Waals surface area contributed by atoms with E-state index in [-0.39, 0.29) is 24.0 Å². The molecule has 0 atom stereocenters. The van der Waals surface area contributed by atoms with Crippen molar-refractivity contribution >= 4 is 29.9 Å². The minimum atomic E-state index is 0. The monoisotopic (exact) mass is 504 g/mol. The van der Waals surface area contributed by atoms with Crippen LogP contribution in [0.25, 0.3) is 0 Å². The first-order chi connectivity index (χ1) is 13.3. The second-order valence-electron chi connectivity index (χ2n) is 6.90. The molecule has 1 fully saturated rings. The predicted molar refractivity (Wildman–Crippen MR) is 127 cm³/mol. The van der Waals surface area contributed by atoms with Gasteiger partial charge in [0, 0.05) is 45.3 Å². The van der Waals surface area contributed by atoms with Gasteiger partial charge in [0.2, 0.25) is 0 Å². The Labute approximate surface area is 187 Å². The average Bonchev–Trinajstić information content (AvgIpc) is 2.72. The molecule has 1 aliphatic rings. The predicted octanol–water partition coefficient (Wildman–Crippen LogP) is 3.12.